The van der Waals surface area contributed by atoms with E-state index in [1.54, 1.807) is 24.9 Å². The van der Waals surface area contributed by atoms with Crippen LogP contribution in [0, 0.1) is 18.3 Å². The summed E-state index contributed by atoms with van der Waals surface area (Å²) in [5.74, 6) is 0. The summed E-state index contributed by atoms with van der Waals surface area (Å²) < 4.78 is 1.61. The Morgan fingerprint density at radius 2 is 2.00 bits per heavy atom. The maximum atomic E-state index is 12.1. The molecule has 20 heavy (non-hydrogen) atoms. The molecule has 1 heterocycles. The fourth-order valence-corrected chi connectivity index (χ4v) is 2.15. The monoisotopic (exact) mass is 271 g/mol. The van der Waals surface area contributed by atoms with Gasteiger partial charge in [-0.2, -0.15) is 5.26 Å². The Labute approximate surface area is 120 Å². The smallest absolute Gasteiger partial charge is 0.328 e. The zero-order valence-electron chi connectivity index (χ0n) is 12.8. The molecular formula is C16H21N3O. The topological polar surface area (TPSA) is 49.0 Å². The van der Waals surface area contributed by atoms with Gasteiger partial charge < -0.3 is 4.90 Å². The lowest BCUT2D eigenvalue weighted by Gasteiger charge is -2.11. The molecule has 0 radical (unpaired) electrons. The maximum absolute atomic E-state index is 12.1. The van der Waals surface area contributed by atoms with Crippen molar-refractivity contribution in [3.8, 4) is 6.07 Å². The van der Waals surface area contributed by atoms with Gasteiger partial charge in [-0.05, 0) is 24.1 Å². The molecule has 0 fully saturated rings. The van der Waals surface area contributed by atoms with E-state index in [-0.39, 0.29) is 6.03 Å². The summed E-state index contributed by atoms with van der Waals surface area (Å²) in [6.07, 6.45) is 2.08. The first-order valence-corrected chi connectivity index (χ1v) is 6.74. The molecule has 0 aliphatic carbocycles. The second kappa shape index (κ2) is 6.76. The predicted octanol–water partition coefficient (Wildman–Crippen LogP) is 3.57. The van der Waals surface area contributed by atoms with Crippen molar-refractivity contribution in [1.82, 2.24) is 9.47 Å². The van der Waals surface area contributed by atoms with Gasteiger partial charge in [0.05, 0.1) is 18.0 Å². The van der Waals surface area contributed by atoms with Crippen LogP contribution in [0.3, 0.4) is 0 Å². The average molecular weight is 271 g/mol. The number of hydrogen-bond acceptors (Lipinski definition) is 2. The Balaban J connectivity index is 0.000000956. The molecule has 4 nitrogen and oxygen atoms in total. The van der Waals surface area contributed by atoms with Crippen molar-refractivity contribution < 1.29 is 4.79 Å². The number of carbonyl (C=O) groups is 1. The van der Waals surface area contributed by atoms with Gasteiger partial charge in [-0.3, -0.25) is 4.57 Å². The number of hydrogen-bond donors (Lipinski definition) is 0. The van der Waals surface area contributed by atoms with Crippen molar-refractivity contribution in [2.45, 2.75) is 27.2 Å². The quantitative estimate of drug-likeness (QED) is 0.796. The Kier molecular flexibility index (Phi) is 5.33. The van der Waals surface area contributed by atoms with E-state index >= 15 is 0 Å². The summed E-state index contributed by atoms with van der Waals surface area (Å²) in [6.45, 7) is 5.99. The third kappa shape index (κ3) is 2.83. The lowest BCUT2D eigenvalue weighted by molar-refractivity contribution is 0.220. The number of aryl methyl sites for hydroxylation is 1. The zero-order valence-corrected chi connectivity index (χ0v) is 12.8. The molecule has 0 atom stereocenters. The Hall–Kier alpha value is -2.28. The van der Waals surface area contributed by atoms with E-state index in [4.69, 9.17) is 5.26 Å². The number of fused-ring (bicyclic) bond motifs is 1. The first-order valence-electron chi connectivity index (χ1n) is 6.74. The summed E-state index contributed by atoms with van der Waals surface area (Å²) >= 11 is 0. The summed E-state index contributed by atoms with van der Waals surface area (Å²) in [5.41, 5.74) is 2.85. The predicted molar refractivity (Wildman–Crippen MR) is 81.8 cm³/mol. The molecule has 1 aromatic heterocycles. The molecule has 1 aromatic carbocycles. The molecule has 106 valence electrons. The van der Waals surface area contributed by atoms with Gasteiger partial charge in [0.15, 0.2) is 0 Å². The minimum absolute atomic E-state index is 0.102. The lowest BCUT2D eigenvalue weighted by Crippen LogP contribution is -2.26. The normalized spacial score (nSPS) is 9.60. The summed E-state index contributed by atoms with van der Waals surface area (Å²) in [5, 5.41) is 9.88. The molecule has 0 saturated heterocycles. The van der Waals surface area contributed by atoms with Gasteiger partial charge in [0.2, 0.25) is 0 Å². The molecule has 0 unspecified atom stereocenters. The second-order valence-corrected chi connectivity index (χ2v) is 4.51. The molecule has 0 N–H and O–H groups in total. The van der Waals surface area contributed by atoms with Crippen molar-refractivity contribution in [3.63, 3.8) is 0 Å². The largest absolute Gasteiger partial charge is 0.330 e. The van der Waals surface area contributed by atoms with Crippen molar-refractivity contribution in [3.05, 3.63) is 35.5 Å². The van der Waals surface area contributed by atoms with Crippen LogP contribution < -0.4 is 0 Å². The molecule has 0 spiro atoms. The van der Waals surface area contributed by atoms with Gasteiger partial charge in [-0.25, -0.2) is 4.79 Å². The van der Waals surface area contributed by atoms with Crippen LogP contribution in [-0.4, -0.2) is 29.6 Å². The zero-order chi connectivity index (χ0) is 15.3. The van der Waals surface area contributed by atoms with E-state index < -0.39 is 0 Å². The number of nitrogens with zero attached hydrogens (tertiary/aromatic N) is 3. The van der Waals surface area contributed by atoms with Crippen LogP contribution >= 0.6 is 0 Å². The van der Waals surface area contributed by atoms with Crippen LogP contribution in [0.25, 0.3) is 10.9 Å². The van der Waals surface area contributed by atoms with Gasteiger partial charge in [0.1, 0.15) is 0 Å². The number of aromatic nitrogens is 1. The minimum atomic E-state index is -0.102. The Bertz CT molecular complexity index is 648. The number of rotatable bonds is 1. The van der Waals surface area contributed by atoms with E-state index in [0.29, 0.717) is 6.42 Å². The van der Waals surface area contributed by atoms with E-state index in [1.807, 2.05) is 39.0 Å². The number of carbonyl (C=O) groups excluding carboxylic acids is 1. The highest BCUT2D eigenvalue weighted by Crippen LogP contribution is 2.25. The minimum Gasteiger partial charge on any atom is -0.330 e. The Morgan fingerprint density at radius 1 is 1.35 bits per heavy atom. The summed E-state index contributed by atoms with van der Waals surface area (Å²) in [6, 6.07) is 7.87. The van der Waals surface area contributed by atoms with E-state index in [1.165, 1.54) is 4.90 Å². The molecule has 0 saturated carbocycles. The van der Waals surface area contributed by atoms with Crippen molar-refractivity contribution in [2.24, 2.45) is 0 Å². The highest BCUT2D eigenvalue weighted by atomic mass is 16.2. The molecule has 2 aromatic rings. The first-order chi connectivity index (χ1) is 9.56. The SMILES string of the molecule is CC.Cc1cccc2c1c(CC#N)cn2C(=O)N(C)C. The highest BCUT2D eigenvalue weighted by Gasteiger charge is 2.15. The van der Waals surface area contributed by atoms with E-state index in [2.05, 4.69) is 6.07 Å². The molecule has 0 bridgehead atoms. The standard InChI is InChI=1S/C14H15N3O.C2H6/c1-10-5-4-6-12-13(10)11(7-8-15)9-17(12)14(18)16(2)3;1-2/h4-6,9H,7H2,1-3H3;1-2H3. The summed E-state index contributed by atoms with van der Waals surface area (Å²) in [7, 11) is 3.43. The second-order valence-electron chi connectivity index (χ2n) is 4.51. The fourth-order valence-electron chi connectivity index (χ4n) is 2.15. The maximum Gasteiger partial charge on any atom is 0.328 e. The van der Waals surface area contributed by atoms with E-state index in [9.17, 15) is 4.79 Å². The number of amides is 1. The van der Waals surface area contributed by atoms with Crippen molar-refractivity contribution in [2.75, 3.05) is 14.1 Å². The van der Waals surface area contributed by atoms with Gasteiger partial charge in [-0.1, -0.05) is 26.0 Å². The molecule has 4 heteroatoms. The molecule has 0 aliphatic rings. The van der Waals surface area contributed by atoms with Crippen LogP contribution in [0.4, 0.5) is 4.79 Å². The highest BCUT2D eigenvalue weighted by molar-refractivity contribution is 5.95. The lowest BCUT2D eigenvalue weighted by atomic mass is 10.1. The number of benzene rings is 1. The Morgan fingerprint density at radius 3 is 2.55 bits per heavy atom. The average Bonchev–Trinajstić information content (AvgIpc) is 2.81. The van der Waals surface area contributed by atoms with Crippen LogP contribution in [0.1, 0.15) is 25.0 Å². The van der Waals surface area contributed by atoms with Crippen LogP contribution in [0.15, 0.2) is 24.4 Å². The van der Waals surface area contributed by atoms with Crippen LogP contribution in [-0.2, 0) is 6.42 Å². The van der Waals surface area contributed by atoms with Gasteiger partial charge in [0.25, 0.3) is 0 Å². The number of nitriles is 1. The van der Waals surface area contributed by atoms with Crippen LogP contribution in [0.5, 0.6) is 0 Å². The third-order valence-corrected chi connectivity index (χ3v) is 2.97. The molecular weight excluding hydrogens is 250 g/mol. The molecule has 2 rings (SSSR count). The molecule has 0 aliphatic heterocycles. The fraction of sp³-hybridized carbons (Fsp3) is 0.375. The van der Waals surface area contributed by atoms with Gasteiger partial charge >= 0.3 is 6.03 Å². The van der Waals surface area contributed by atoms with Crippen molar-refractivity contribution in [1.29, 1.82) is 5.26 Å². The van der Waals surface area contributed by atoms with Gasteiger partial charge in [-0.15, -0.1) is 0 Å². The van der Waals surface area contributed by atoms with Crippen LogP contribution in [0.2, 0.25) is 0 Å². The third-order valence-electron chi connectivity index (χ3n) is 2.97. The summed E-state index contributed by atoms with van der Waals surface area (Å²) in [4.78, 5) is 13.6. The molecule has 1 amide bonds. The first kappa shape index (κ1) is 15.8. The van der Waals surface area contributed by atoms with Crippen molar-refractivity contribution >= 4 is 16.9 Å². The van der Waals surface area contributed by atoms with Gasteiger partial charge in [0, 0.05) is 25.7 Å². The van der Waals surface area contributed by atoms with E-state index in [0.717, 1.165) is 22.0 Å².